The van der Waals surface area contributed by atoms with Crippen LogP contribution in [-0.4, -0.2) is 34.6 Å². The molecule has 0 spiro atoms. The van der Waals surface area contributed by atoms with E-state index in [-0.39, 0.29) is 17.3 Å². The molecule has 6 heteroatoms. The number of para-hydroxylation sites is 1. The Hall–Kier alpha value is -3.51. The summed E-state index contributed by atoms with van der Waals surface area (Å²) in [5.74, 6) is 0.869. The second-order valence-corrected chi connectivity index (χ2v) is 9.66. The molecule has 0 N–H and O–H groups in total. The SMILES string of the molecule is Cc1ccc(-c2oc(C3CCN(C)CC3)nc2-c2ccc(=O)n(-c3c(C)cccc3C)c2)c(F)c1. The molecule has 2 aromatic heterocycles. The lowest BCUT2D eigenvalue weighted by Crippen LogP contribution is -2.29. The van der Waals surface area contributed by atoms with Crippen molar-refractivity contribution < 1.29 is 8.81 Å². The molecule has 2 aromatic carbocycles. The first-order valence-electron chi connectivity index (χ1n) is 12.1. The van der Waals surface area contributed by atoms with Gasteiger partial charge in [-0.3, -0.25) is 9.36 Å². The second-order valence-electron chi connectivity index (χ2n) is 9.66. The number of piperidine rings is 1. The first-order valence-corrected chi connectivity index (χ1v) is 12.1. The lowest BCUT2D eigenvalue weighted by molar-refractivity contribution is 0.238. The number of rotatable bonds is 4. The minimum absolute atomic E-state index is 0.131. The van der Waals surface area contributed by atoms with Gasteiger partial charge in [-0.1, -0.05) is 24.3 Å². The number of pyridine rings is 1. The zero-order valence-electron chi connectivity index (χ0n) is 20.6. The molecule has 1 fully saturated rings. The summed E-state index contributed by atoms with van der Waals surface area (Å²) in [7, 11) is 2.11. The molecule has 180 valence electrons. The highest BCUT2D eigenvalue weighted by atomic mass is 19.1. The van der Waals surface area contributed by atoms with Crippen LogP contribution in [0.4, 0.5) is 4.39 Å². The predicted octanol–water partition coefficient (Wildman–Crippen LogP) is 6.03. The van der Waals surface area contributed by atoms with Crippen molar-refractivity contribution in [3.63, 3.8) is 0 Å². The Morgan fingerprint density at radius 2 is 1.71 bits per heavy atom. The van der Waals surface area contributed by atoms with Gasteiger partial charge < -0.3 is 9.32 Å². The Labute approximate surface area is 204 Å². The van der Waals surface area contributed by atoms with Crippen molar-refractivity contribution in [1.29, 1.82) is 0 Å². The number of hydrogen-bond donors (Lipinski definition) is 0. The monoisotopic (exact) mass is 471 g/mol. The van der Waals surface area contributed by atoms with E-state index in [1.807, 2.05) is 45.0 Å². The third-order valence-electron chi connectivity index (χ3n) is 6.95. The van der Waals surface area contributed by atoms with Crippen molar-refractivity contribution in [2.45, 2.75) is 39.5 Å². The first kappa shape index (κ1) is 23.2. The van der Waals surface area contributed by atoms with Crippen LogP contribution < -0.4 is 5.56 Å². The van der Waals surface area contributed by atoms with Gasteiger partial charge in [-0.2, -0.15) is 0 Å². The molecule has 0 amide bonds. The third kappa shape index (κ3) is 4.46. The van der Waals surface area contributed by atoms with E-state index in [4.69, 9.17) is 9.40 Å². The number of benzene rings is 2. The van der Waals surface area contributed by atoms with E-state index in [9.17, 15) is 4.79 Å². The van der Waals surface area contributed by atoms with Crippen LogP contribution in [0.25, 0.3) is 28.3 Å². The molecule has 0 unspecified atom stereocenters. The molecule has 1 saturated heterocycles. The lowest BCUT2D eigenvalue weighted by Gasteiger charge is -2.26. The quantitative estimate of drug-likeness (QED) is 0.365. The average molecular weight is 472 g/mol. The number of nitrogens with zero attached hydrogens (tertiary/aromatic N) is 3. The Morgan fingerprint density at radius 3 is 2.40 bits per heavy atom. The molecule has 0 bridgehead atoms. The molecular formula is C29H30FN3O2. The molecule has 5 rings (SSSR count). The molecular weight excluding hydrogens is 441 g/mol. The molecule has 0 saturated carbocycles. The topological polar surface area (TPSA) is 51.3 Å². The van der Waals surface area contributed by atoms with Crippen molar-refractivity contribution in [3.05, 3.63) is 93.5 Å². The van der Waals surface area contributed by atoms with Crippen molar-refractivity contribution in [2.75, 3.05) is 20.1 Å². The molecule has 4 aromatic rings. The molecule has 1 aliphatic rings. The fraction of sp³-hybridized carbons (Fsp3) is 0.310. The highest BCUT2D eigenvalue weighted by Gasteiger charge is 2.27. The zero-order valence-corrected chi connectivity index (χ0v) is 20.6. The van der Waals surface area contributed by atoms with Gasteiger partial charge in [0.05, 0.1) is 11.3 Å². The van der Waals surface area contributed by atoms with Crippen LogP contribution >= 0.6 is 0 Å². The third-order valence-corrected chi connectivity index (χ3v) is 6.95. The molecule has 5 nitrogen and oxygen atoms in total. The summed E-state index contributed by atoms with van der Waals surface area (Å²) in [6.07, 6.45) is 3.67. The number of halogens is 1. The maximum Gasteiger partial charge on any atom is 0.255 e. The Bertz CT molecular complexity index is 1420. The summed E-state index contributed by atoms with van der Waals surface area (Å²) < 4.78 is 23.1. The van der Waals surface area contributed by atoms with E-state index in [1.54, 1.807) is 29.0 Å². The highest BCUT2D eigenvalue weighted by Crippen LogP contribution is 2.38. The van der Waals surface area contributed by atoms with Gasteiger partial charge in [0, 0.05) is 23.7 Å². The number of oxazole rings is 1. The van der Waals surface area contributed by atoms with Crippen LogP contribution in [-0.2, 0) is 0 Å². The van der Waals surface area contributed by atoms with Crippen LogP contribution in [0.1, 0.15) is 41.3 Å². The van der Waals surface area contributed by atoms with Crippen LogP contribution in [0.3, 0.4) is 0 Å². The van der Waals surface area contributed by atoms with Gasteiger partial charge >= 0.3 is 0 Å². The van der Waals surface area contributed by atoms with E-state index in [0.717, 1.165) is 48.3 Å². The predicted molar refractivity (Wildman–Crippen MR) is 137 cm³/mol. The largest absolute Gasteiger partial charge is 0.440 e. The number of hydrogen-bond acceptors (Lipinski definition) is 4. The first-order chi connectivity index (χ1) is 16.8. The van der Waals surface area contributed by atoms with Gasteiger partial charge in [-0.15, -0.1) is 0 Å². The molecule has 0 radical (unpaired) electrons. The Kier molecular flexibility index (Phi) is 6.15. The zero-order chi connectivity index (χ0) is 24.7. The van der Waals surface area contributed by atoms with Crippen molar-refractivity contribution in [3.8, 4) is 28.3 Å². The summed E-state index contributed by atoms with van der Waals surface area (Å²) in [5.41, 5.74) is 5.21. The van der Waals surface area contributed by atoms with Gasteiger partial charge in [-0.25, -0.2) is 9.37 Å². The molecule has 35 heavy (non-hydrogen) atoms. The minimum Gasteiger partial charge on any atom is -0.440 e. The minimum atomic E-state index is -0.347. The van der Waals surface area contributed by atoms with Crippen molar-refractivity contribution in [1.82, 2.24) is 14.5 Å². The number of aromatic nitrogens is 2. The molecule has 0 aliphatic carbocycles. The fourth-order valence-corrected chi connectivity index (χ4v) is 4.94. The summed E-state index contributed by atoms with van der Waals surface area (Å²) in [5, 5.41) is 0. The van der Waals surface area contributed by atoms with Gasteiger partial charge in [0.1, 0.15) is 11.5 Å². The van der Waals surface area contributed by atoms with Crippen LogP contribution in [0.5, 0.6) is 0 Å². The average Bonchev–Trinajstić information content (AvgIpc) is 3.25. The number of likely N-dealkylation sites (tertiary alicyclic amines) is 1. The summed E-state index contributed by atoms with van der Waals surface area (Å²) in [6.45, 7) is 7.77. The standard InChI is InChI=1S/C29H30FN3O2/c1-18-8-10-23(24(30)16-18)28-26(31-29(35-28)21-12-14-32(4)15-13-21)22-9-11-25(34)33(17-22)27-19(2)6-5-7-20(27)3/h5-11,16-17,21H,12-15H2,1-4H3. The Balaban J connectivity index is 1.68. The fourth-order valence-electron chi connectivity index (χ4n) is 4.94. The molecule has 0 atom stereocenters. The van der Waals surface area contributed by atoms with Gasteiger partial charge in [-0.05, 0) is 88.6 Å². The highest BCUT2D eigenvalue weighted by molar-refractivity contribution is 5.77. The molecule has 3 heterocycles. The summed E-state index contributed by atoms with van der Waals surface area (Å²) >= 11 is 0. The lowest BCUT2D eigenvalue weighted by atomic mass is 9.97. The van der Waals surface area contributed by atoms with Crippen LogP contribution in [0, 0.1) is 26.6 Å². The van der Waals surface area contributed by atoms with E-state index >= 15 is 4.39 Å². The summed E-state index contributed by atoms with van der Waals surface area (Å²) in [4.78, 5) is 20.1. The van der Waals surface area contributed by atoms with Crippen LogP contribution in [0.2, 0.25) is 0 Å². The number of aryl methyl sites for hydroxylation is 3. The van der Waals surface area contributed by atoms with Gasteiger partial charge in [0.15, 0.2) is 11.7 Å². The van der Waals surface area contributed by atoms with Crippen molar-refractivity contribution in [2.24, 2.45) is 0 Å². The maximum absolute atomic E-state index is 15.1. The second kappa shape index (κ2) is 9.27. The normalized spacial score (nSPS) is 15.0. The summed E-state index contributed by atoms with van der Waals surface area (Å²) in [6, 6.07) is 14.4. The van der Waals surface area contributed by atoms with E-state index < -0.39 is 0 Å². The molecule has 1 aliphatic heterocycles. The Morgan fingerprint density at radius 1 is 1.00 bits per heavy atom. The van der Waals surface area contributed by atoms with Gasteiger partial charge in [0.25, 0.3) is 5.56 Å². The van der Waals surface area contributed by atoms with Gasteiger partial charge in [0.2, 0.25) is 0 Å². The smallest absolute Gasteiger partial charge is 0.255 e. The van der Waals surface area contributed by atoms with E-state index in [1.165, 1.54) is 6.07 Å². The van der Waals surface area contributed by atoms with E-state index in [2.05, 4.69) is 11.9 Å². The van der Waals surface area contributed by atoms with E-state index in [0.29, 0.717) is 28.5 Å². The maximum atomic E-state index is 15.1. The van der Waals surface area contributed by atoms with Crippen LogP contribution in [0.15, 0.2) is 63.9 Å². The van der Waals surface area contributed by atoms with Crippen molar-refractivity contribution >= 4 is 0 Å².